The fourth-order valence-corrected chi connectivity index (χ4v) is 5.75. The minimum absolute atomic E-state index is 0.0552. The number of phosphoric acid groups is 1. The molecule has 23 heteroatoms. The molecule has 0 amide bonds. The van der Waals surface area contributed by atoms with Crippen LogP contribution in [-0.2, 0) is 23.1 Å². The zero-order valence-electron chi connectivity index (χ0n) is 21.5. The van der Waals surface area contributed by atoms with E-state index in [0.29, 0.717) is 0 Å². The second kappa shape index (κ2) is 10.5. The number of nitrogens with zero attached hydrogens (tertiary/aromatic N) is 7. The van der Waals surface area contributed by atoms with Gasteiger partial charge in [0.1, 0.15) is 49.0 Å². The van der Waals surface area contributed by atoms with Gasteiger partial charge < -0.3 is 46.3 Å². The van der Waals surface area contributed by atoms with Gasteiger partial charge in [-0.2, -0.15) is 4.98 Å². The number of nitrogen functional groups attached to an aromatic ring is 2. The van der Waals surface area contributed by atoms with Crippen LogP contribution < -0.4 is 17.0 Å². The zero-order chi connectivity index (χ0) is 30.8. The first-order chi connectivity index (χ1) is 20.3. The molecule has 0 bridgehead atoms. The Hall–Kier alpha value is -3.70. The van der Waals surface area contributed by atoms with E-state index in [2.05, 4.69) is 29.9 Å². The van der Waals surface area contributed by atoms with Crippen LogP contribution in [-0.4, -0.2) is 114 Å². The lowest BCUT2D eigenvalue weighted by Gasteiger charge is -2.24. The summed E-state index contributed by atoms with van der Waals surface area (Å²) in [7, 11) is -5.25. The highest BCUT2D eigenvalue weighted by Crippen LogP contribution is 2.52. The number of alkyl halides is 1. The topological polar surface area (TPSA) is 314 Å². The Bertz CT molecular complexity index is 1790. The summed E-state index contributed by atoms with van der Waals surface area (Å²) in [6, 6.07) is 0. The molecule has 0 saturated carbocycles. The molecule has 0 spiro atoms. The second-order valence-corrected chi connectivity index (χ2v) is 11.0. The smallest absolute Gasteiger partial charge is 0.390 e. The van der Waals surface area contributed by atoms with Crippen LogP contribution in [0.1, 0.15) is 12.5 Å². The molecule has 6 heterocycles. The van der Waals surface area contributed by atoms with E-state index in [0.717, 1.165) is 17.2 Å². The molecule has 10 N–H and O–H groups in total. The number of nitrogens with one attached hydrogen (secondary N) is 1. The van der Waals surface area contributed by atoms with Gasteiger partial charge in [0.25, 0.3) is 11.4 Å². The Balaban J connectivity index is 1.21. The fourth-order valence-electron chi connectivity index (χ4n) is 4.83. The van der Waals surface area contributed by atoms with Crippen LogP contribution in [0.15, 0.2) is 23.8 Å². The first-order valence-corrected chi connectivity index (χ1v) is 13.8. The Kier molecular flexibility index (Phi) is 7.16. The number of imidazole rings is 2. The second-order valence-electron chi connectivity index (χ2n) is 9.64. The number of aliphatic hydroxyl groups is 4. The Morgan fingerprint density at radius 3 is 2.49 bits per heavy atom. The summed E-state index contributed by atoms with van der Waals surface area (Å²) < 4.78 is 51.2. The first kappa shape index (κ1) is 29.4. The lowest BCUT2D eigenvalue weighted by Crippen LogP contribution is -2.43. The predicted octanol–water partition coefficient (Wildman–Crippen LogP) is -3.21. The molecule has 6 rings (SSSR count). The molecular weight excluding hydrogens is 606 g/mol. The normalized spacial score (nSPS) is 32.6. The van der Waals surface area contributed by atoms with Crippen molar-refractivity contribution in [3.8, 4) is 0 Å². The molecule has 4 aromatic heterocycles. The van der Waals surface area contributed by atoms with E-state index in [1.165, 1.54) is 10.9 Å². The lowest BCUT2D eigenvalue weighted by molar-refractivity contribution is -0.206. The Labute approximate surface area is 237 Å². The molecule has 0 aromatic carbocycles. The zero-order valence-corrected chi connectivity index (χ0v) is 22.4. The molecule has 232 valence electrons. The van der Waals surface area contributed by atoms with Gasteiger partial charge in [0, 0.05) is 0 Å². The standard InChI is InChI=1S/C20H24FN10O11P/c21-20(2-32)12(35)11(18(41-20)31-5-27-8-15(31)28-19(23)29-16(8)36)42-43(37,38)39-1-6-9(33)10(34)17(40-6)30-4-26-7-13(22)24-3-25-14(7)30/h3-6,9-12,17-18,32-35H,1-2H2,(H,37,38)(H2,22,24,25)(H3,23,28,29,36)/t6-,9-,10-,11-,12+,17-,18-,20-/m1/s1. The third-order valence-electron chi connectivity index (χ3n) is 6.95. The Morgan fingerprint density at radius 2 is 1.77 bits per heavy atom. The van der Waals surface area contributed by atoms with E-state index < -0.39 is 75.4 Å². The van der Waals surface area contributed by atoms with Crippen molar-refractivity contribution in [3.05, 3.63) is 29.3 Å². The van der Waals surface area contributed by atoms with Gasteiger partial charge in [0.15, 0.2) is 35.1 Å². The molecule has 2 fully saturated rings. The molecule has 0 radical (unpaired) electrons. The quantitative estimate of drug-likeness (QED) is 0.0888. The van der Waals surface area contributed by atoms with E-state index in [4.69, 9.17) is 30.0 Å². The highest BCUT2D eigenvalue weighted by atomic mass is 31.2. The van der Waals surface area contributed by atoms with Gasteiger partial charge in [0.05, 0.1) is 19.3 Å². The molecule has 9 atom stereocenters. The van der Waals surface area contributed by atoms with Gasteiger partial charge in [0.2, 0.25) is 5.95 Å². The average molecular weight is 630 g/mol. The van der Waals surface area contributed by atoms with E-state index in [-0.39, 0.29) is 34.1 Å². The van der Waals surface area contributed by atoms with Crippen LogP contribution in [0.5, 0.6) is 0 Å². The molecular formula is C20H24FN10O11P. The number of hydrogen-bond donors (Lipinski definition) is 8. The summed E-state index contributed by atoms with van der Waals surface area (Å²) in [6.45, 7) is -2.24. The molecule has 21 nitrogen and oxygen atoms in total. The van der Waals surface area contributed by atoms with Crippen molar-refractivity contribution >= 4 is 41.9 Å². The van der Waals surface area contributed by atoms with Crippen LogP contribution in [0.4, 0.5) is 16.2 Å². The number of aromatic amines is 1. The van der Waals surface area contributed by atoms with Gasteiger partial charge in [-0.15, -0.1) is 0 Å². The van der Waals surface area contributed by atoms with E-state index in [9.17, 15) is 34.7 Å². The third kappa shape index (κ3) is 4.92. The summed E-state index contributed by atoms with van der Waals surface area (Å²) in [5.41, 5.74) is 10.4. The minimum atomic E-state index is -5.25. The average Bonchev–Trinajstić information content (AvgIpc) is 3.70. The monoisotopic (exact) mass is 630 g/mol. The van der Waals surface area contributed by atoms with Gasteiger partial charge in [-0.25, -0.2) is 28.9 Å². The molecule has 2 aliphatic heterocycles. The van der Waals surface area contributed by atoms with Gasteiger partial charge in [-0.05, 0) is 0 Å². The van der Waals surface area contributed by atoms with Crippen LogP contribution in [0.25, 0.3) is 22.3 Å². The number of aromatic nitrogens is 8. The molecule has 1 unspecified atom stereocenters. The van der Waals surface area contributed by atoms with E-state index in [1.807, 2.05) is 0 Å². The van der Waals surface area contributed by atoms with Crippen molar-refractivity contribution in [2.45, 2.75) is 48.8 Å². The van der Waals surface area contributed by atoms with Crippen molar-refractivity contribution < 1.29 is 52.8 Å². The summed E-state index contributed by atoms with van der Waals surface area (Å²) in [5, 5.41) is 41.2. The summed E-state index contributed by atoms with van der Waals surface area (Å²) in [5.74, 6) is -3.49. The largest absolute Gasteiger partial charge is 0.472 e. The maximum absolute atomic E-state index is 15.2. The maximum Gasteiger partial charge on any atom is 0.472 e. The lowest BCUT2D eigenvalue weighted by atomic mass is 10.1. The molecule has 4 aromatic rings. The number of hydrogen-bond acceptors (Lipinski definition) is 17. The summed E-state index contributed by atoms with van der Waals surface area (Å²) in [4.78, 5) is 44.5. The van der Waals surface area contributed by atoms with Crippen molar-refractivity contribution in [2.24, 2.45) is 0 Å². The predicted molar refractivity (Wildman–Crippen MR) is 136 cm³/mol. The fraction of sp³-hybridized carbons (Fsp3) is 0.500. The number of anilines is 2. The number of phosphoric ester groups is 1. The van der Waals surface area contributed by atoms with Gasteiger partial charge in [-0.1, -0.05) is 0 Å². The summed E-state index contributed by atoms with van der Waals surface area (Å²) >= 11 is 0. The SMILES string of the molecule is Nc1nc2c(ncn2[C@@H]2O[C@](F)(CO)[C@@H](O)[C@H]2OP(=O)(O)OC[C@H]2O[C@@H](n3cnc4c(N)ncnc43)[C@H](O)[C@@H]2O)c(=O)[nH]1. The van der Waals surface area contributed by atoms with Gasteiger partial charge in [-0.3, -0.25) is 28.0 Å². The first-order valence-electron chi connectivity index (χ1n) is 12.3. The van der Waals surface area contributed by atoms with Crippen LogP contribution >= 0.6 is 7.82 Å². The number of halogens is 1. The number of nitrogens with two attached hydrogens (primary N) is 2. The highest BCUT2D eigenvalue weighted by molar-refractivity contribution is 7.47. The van der Waals surface area contributed by atoms with Crippen molar-refractivity contribution in [1.82, 2.24) is 39.0 Å². The minimum Gasteiger partial charge on any atom is -0.390 e. The number of ether oxygens (including phenoxy) is 2. The van der Waals surface area contributed by atoms with Crippen molar-refractivity contribution in [1.29, 1.82) is 0 Å². The maximum atomic E-state index is 15.2. The number of H-pyrrole nitrogens is 1. The highest BCUT2D eigenvalue weighted by Gasteiger charge is 2.59. The number of rotatable bonds is 8. The molecule has 43 heavy (non-hydrogen) atoms. The molecule has 2 saturated heterocycles. The van der Waals surface area contributed by atoms with Crippen LogP contribution in [0.3, 0.4) is 0 Å². The Morgan fingerprint density at radius 1 is 1.07 bits per heavy atom. The van der Waals surface area contributed by atoms with E-state index >= 15 is 4.39 Å². The van der Waals surface area contributed by atoms with Gasteiger partial charge >= 0.3 is 7.82 Å². The summed E-state index contributed by atoms with van der Waals surface area (Å²) in [6.07, 6.45) is -8.80. The van der Waals surface area contributed by atoms with E-state index in [1.54, 1.807) is 0 Å². The molecule has 2 aliphatic rings. The number of aliphatic hydroxyl groups excluding tert-OH is 4. The van der Waals surface area contributed by atoms with Crippen molar-refractivity contribution in [3.63, 3.8) is 0 Å². The van der Waals surface area contributed by atoms with Crippen molar-refractivity contribution in [2.75, 3.05) is 24.7 Å². The number of fused-ring (bicyclic) bond motifs is 2. The third-order valence-corrected chi connectivity index (χ3v) is 7.93. The van der Waals surface area contributed by atoms with Crippen LogP contribution in [0, 0.1) is 0 Å². The van der Waals surface area contributed by atoms with Crippen LogP contribution in [0.2, 0.25) is 0 Å². The molecule has 0 aliphatic carbocycles.